The van der Waals surface area contributed by atoms with Crippen molar-refractivity contribution in [3.8, 4) is 67.5 Å². The summed E-state index contributed by atoms with van der Waals surface area (Å²) >= 11 is 0. The molecule has 9 aromatic carbocycles. The van der Waals surface area contributed by atoms with Crippen LogP contribution in [0.3, 0.4) is 0 Å². The Morgan fingerprint density at radius 1 is 0.485 bits per heavy atom. The Morgan fingerprint density at radius 3 is 1.82 bits per heavy atom. The first kappa shape index (κ1) is 40.1. The van der Waals surface area contributed by atoms with E-state index in [0.29, 0.717) is 17.5 Å². The molecule has 1 unspecified atom stereocenters. The fraction of sp³-hybridized carbons (Fsp3) is 0.109. The van der Waals surface area contributed by atoms with Crippen LogP contribution in [0.15, 0.2) is 205 Å². The summed E-state index contributed by atoms with van der Waals surface area (Å²) in [5.74, 6) is 1.98. The molecule has 2 aliphatic carbocycles. The van der Waals surface area contributed by atoms with E-state index in [4.69, 9.17) is 19.4 Å². The molecule has 0 bridgehead atoms. The van der Waals surface area contributed by atoms with Crippen molar-refractivity contribution in [1.29, 1.82) is 0 Å². The molecule has 0 saturated heterocycles. The smallest absolute Gasteiger partial charge is 0.167 e. The van der Waals surface area contributed by atoms with E-state index in [2.05, 4.69) is 160 Å². The van der Waals surface area contributed by atoms with Crippen LogP contribution >= 0.6 is 0 Å². The van der Waals surface area contributed by atoms with Gasteiger partial charge in [-0.25, -0.2) is 15.0 Å². The van der Waals surface area contributed by atoms with Gasteiger partial charge in [0.25, 0.3) is 0 Å². The zero-order valence-electron chi connectivity index (χ0n) is 38.3. The zero-order chi connectivity index (χ0) is 45.5. The molecule has 0 N–H and O–H groups in total. The Hall–Kier alpha value is -8.21. The predicted molar refractivity (Wildman–Crippen MR) is 278 cm³/mol. The molecule has 4 nitrogen and oxygen atoms in total. The Kier molecular flexibility index (Phi) is 9.26. The maximum atomic E-state index is 6.81. The van der Waals surface area contributed by atoms with Crippen molar-refractivity contribution in [2.45, 2.75) is 44.9 Å². The molecule has 0 amide bonds. The first-order valence-electron chi connectivity index (χ1n) is 23.7. The lowest BCUT2D eigenvalue weighted by molar-refractivity contribution is 0.656. The summed E-state index contributed by atoms with van der Waals surface area (Å²) < 4.78 is 6.81. The van der Waals surface area contributed by atoms with Crippen LogP contribution in [0.25, 0.3) is 89.5 Å². The van der Waals surface area contributed by atoms with Crippen molar-refractivity contribution in [1.82, 2.24) is 15.0 Å². The van der Waals surface area contributed by atoms with E-state index in [9.17, 15) is 0 Å². The second kappa shape index (κ2) is 15.7. The third-order valence-corrected chi connectivity index (χ3v) is 14.7. The molecule has 11 aromatic rings. The second-order valence-corrected chi connectivity index (χ2v) is 19.1. The Balaban J connectivity index is 0.931. The van der Waals surface area contributed by atoms with Gasteiger partial charge < -0.3 is 4.42 Å². The third kappa shape index (κ3) is 6.54. The van der Waals surface area contributed by atoms with E-state index < -0.39 is 0 Å². The monoisotopic (exact) mass is 873 g/mol. The van der Waals surface area contributed by atoms with Crippen LogP contribution in [0.1, 0.15) is 64.3 Å². The summed E-state index contributed by atoms with van der Waals surface area (Å²) in [5.41, 5.74) is 22.9. The second-order valence-electron chi connectivity index (χ2n) is 19.1. The van der Waals surface area contributed by atoms with Crippen molar-refractivity contribution >= 4 is 21.9 Å². The van der Waals surface area contributed by atoms with E-state index in [-0.39, 0.29) is 11.3 Å². The Bertz CT molecular complexity index is 3720. The number of aryl methyl sites for hydroxylation is 1. The van der Waals surface area contributed by atoms with Crippen LogP contribution < -0.4 is 0 Å². The molecule has 2 aliphatic rings. The van der Waals surface area contributed by atoms with Gasteiger partial charge in [0.05, 0.1) is 5.56 Å². The van der Waals surface area contributed by atoms with Crippen LogP contribution in [0.4, 0.5) is 0 Å². The number of benzene rings is 9. The summed E-state index contributed by atoms with van der Waals surface area (Å²) in [7, 11) is 0. The lowest BCUT2D eigenvalue weighted by atomic mass is 9.72. The lowest BCUT2D eigenvalue weighted by Crippen LogP contribution is -2.18. The quantitative estimate of drug-likeness (QED) is 0.160. The van der Waals surface area contributed by atoms with Gasteiger partial charge in [0.2, 0.25) is 0 Å². The fourth-order valence-corrected chi connectivity index (χ4v) is 11.2. The molecule has 2 heterocycles. The molecule has 13 rings (SSSR count). The van der Waals surface area contributed by atoms with Crippen molar-refractivity contribution in [2.24, 2.45) is 0 Å². The van der Waals surface area contributed by atoms with Gasteiger partial charge in [-0.05, 0) is 128 Å². The Morgan fingerprint density at radius 2 is 1.09 bits per heavy atom. The maximum Gasteiger partial charge on any atom is 0.167 e. The summed E-state index contributed by atoms with van der Waals surface area (Å²) in [6.45, 7) is 7.12. The topological polar surface area (TPSA) is 51.8 Å². The molecule has 0 aliphatic heterocycles. The van der Waals surface area contributed by atoms with Crippen LogP contribution in [-0.4, -0.2) is 15.0 Å². The van der Waals surface area contributed by atoms with E-state index in [0.717, 1.165) is 51.5 Å². The van der Waals surface area contributed by atoms with Gasteiger partial charge >= 0.3 is 0 Å². The molecule has 0 fully saturated rings. The number of fused-ring (bicyclic) bond motifs is 9. The Labute approximate surface area is 396 Å². The molecule has 324 valence electrons. The van der Waals surface area contributed by atoms with Crippen LogP contribution in [-0.2, 0) is 18.3 Å². The predicted octanol–water partition coefficient (Wildman–Crippen LogP) is 16.0. The number of furan rings is 1. The van der Waals surface area contributed by atoms with Crippen molar-refractivity contribution < 1.29 is 4.42 Å². The van der Waals surface area contributed by atoms with Gasteiger partial charge in [0, 0.05) is 33.2 Å². The van der Waals surface area contributed by atoms with Gasteiger partial charge in [0.1, 0.15) is 11.2 Å². The SMILES string of the molecule is Cc1cc2c(cc1-c1ccccc1Cc1ccccc1)-c1cc3c(cc1C2(C)C)C(c1ccc2oc4c(-c5nc(-c6ccccc6)nc(-c6ccccc6)n5)cccc4c2c1)Cc1ccccc1-3. The van der Waals surface area contributed by atoms with Gasteiger partial charge in [-0.15, -0.1) is 0 Å². The number of hydrogen-bond donors (Lipinski definition) is 0. The largest absolute Gasteiger partial charge is 0.455 e. The van der Waals surface area contributed by atoms with E-state index in [1.807, 2.05) is 60.7 Å². The highest BCUT2D eigenvalue weighted by Crippen LogP contribution is 2.55. The van der Waals surface area contributed by atoms with Crippen molar-refractivity contribution in [2.75, 3.05) is 0 Å². The molecule has 0 saturated carbocycles. The average molecular weight is 874 g/mol. The normalized spacial score (nSPS) is 14.4. The average Bonchev–Trinajstić information content (AvgIpc) is 3.86. The maximum absolute atomic E-state index is 6.81. The zero-order valence-corrected chi connectivity index (χ0v) is 38.3. The summed E-state index contributed by atoms with van der Waals surface area (Å²) in [4.78, 5) is 15.1. The number of hydrogen-bond acceptors (Lipinski definition) is 4. The minimum Gasteiger partial charge on any atom is -0.455 e. The molecular formula is C64H47N3O. The first-order valence-corrected chi connectivity index (χ1v) is 23.7. The molecule has 2 aromatic heterocycles. The van der Waals surface area contributed by atoms with Crippen molar-refractivity contribution in [3.05, 3.63) is 245 Å². The molecule has 4 heteroatoms. The number of para-hydroxylation sites is 1. The van der Waals surface area contributed by atoms with E-state index in [1.54, 1.807) is 0 Å². The highest BCUT2D eigenvalue weighted by atomic mass is 16.3. The highest BCUT2D eigenvalue weighted by molar-refractivity contribution is 6.09. The number of aromatic nitrogens is 3. The number of nitrogens with zero attached hydrogens (tertiary/aromatic N) is 3. The minimum atomic E-state index is -0.176. The van der Waals surface area contributed by atoms with Crippen LogP contribution in [0.2, 0.25) is 0 Å². The van der Waals surface area contributed by atoms with Crippen LogP contribution in [0, 0.1) is 6.92 Å². The molecule has 68 heavy (non-hydrogen) atoms. The van der Waals surface area contributed by atoms with Crippen molar-refractivity contribution in [3.63, 3.8) is 0 Å². The fourth-order valence-electron chi connectivity index (χ4n) is 11.2. The molecular weight excluding hydrogens is 827 g/mol. The third-order valence-electron chi connectivity index (χ3n) is 14.7. The van der Waals surface area contributed by atoms with Gasteiger partial charge in [-0.3, -0.25) is 0 Å². The summed E-state index contributed by atoms with van der Waals surface area (Å²) in [5, 5.41) is 2.13. The molecule has 1 atom stereocenters. The standard InChI is InChI=1S/C64H47N3O/c1-39-32-57-54(36-50(39)46-26-15-13-24-43(46)33-40-18-7-4-8-19-40)55-37-52-47-27-16-14-25-44(47)34-51(53(52)38-58(55)64(57,2)3)45-30-31-59-56(35-45)48-28-17-29-49(60(48)68-59)63-66-61(41-20-9-5-10-21-41)65-62(67-63)42-22-11-6-12-23-42/h4-32,35-38,51H,33-34H2,1-3H3. The minimum absolute atomic E-state index is 0.148. The summed E-state index contributed by atoms with van der Waals surface area (Å²) in [6, 6.07) is 72.2. The van der Waals surface area contributed by atoms with Gasteiger partial charge in [-0.2, -0.15) is 0 Å². The molecule has 0 radical (unpaired) electrons. The number of rotatable bonds is 7. The lowest BCUT2D eigenvalue weighted by Gasteiger charge is -2.31. The summed E-state index contributed by atoms with van der Waals surface area (Å²) in [6.07, 6.45) is 1.81. The van der Waals surface area contributed by atoms with Gasteiger partial charge in [0.15, 0.2) is 17.5 Å². The van der Waals surface area contributed by atoms with E-state index in [1.165, 1.54) is 77.9 Å². The highest BCUT2D eigenvalue weighted by Gasteiger charge is 2.39. The first-order chi connectivity index (χ1) is 33.4. The van der Waals surface area contributed by atoms with Gasteiger partial charge in [-0.1, -0.05) is 184 Å². The molecule has 0 spiro atoms. The van der Waals surface area contributed by atoms with Crippen LogP contribution in [0.5, 0.6) is 0 Å². The van der Waals surface area contributed by atoms with E-state index >= 15 is 0 Å².